The first kappa shape index (κ1) is 14.8. The molecule has 1 saturated heterocycles. The van der Waals surface area contributed by atoms with E-state index in [1.165, 1.54) is 12.8 Å². The maximum absolute atomic E-state index is 4.82. The highest BCUT2D eigenvalue weighted by molar-refractivity contribution is 5.34. The van der Waals surface area contributed by atoms with E-state index in [0.717, 1.165) is 31.4 Å². The van der Waals surface area contributed by atoms with E-state index in [-0.39, 0.29) is 0 Å². The first-order valence-electron chi connectivity index (χ1n) is 8.19. The van der Waals surface area contributed by atoms with E-state index in [0.29, 0.717) is 22.7 Å². The summed E-state index contributed by atoms with van der Waals surface area (Å²) in [4.78, 5) is 7.16. The van der Waals surface area contributed by atoms with Gasteiger partial charge in [-0.05, 0) is 43.2 Å². The van der Waals surface area contributed by atoms with Gasteiger partial charge in [0.25, 0.3) is 0 Å². The molecule has 3 rings (SSSR count). The van der Waals surface area contributed by atoms with Crippen molar-refractivity contribution >= 4 is 5.95 Å². The fourth-order valence-corrected chi connectivity index (χ4v) is 4.12. The first-order valence-corrected chi connectivity index (χ1v) is 8.19. The molecule has 1 unspecified atom stereocenters. The Morgan fingerprint density at radius 3 is 2.62 bits per heavy atom. The fourth-order valence-electron chi connectivity index (χ4n) is 4.12. The van der Waals surface area contributed by atoms with Crippen molar-refractivity contribution < 1.29 is 0 Å². The van der Waals surface area contributed by atoms with Crippen LogP contribution < -0.4 is 10.2 Å². The summed E-state index contributed by atoms with van der Waals surface area (Å²) in [6.07, 6.45) is 2.54. The minimum Gasteiger partial charge on any atom is -0.339 e. The molecular formula is C16H29N5. The van der Waals surface area contributed by atoms with Gasteiger partial charge in [-0.3, -0.25) is 5.10 Å². The van der Waals surface area contributed by atoms with Crippen molar-refractivity contribution in [1.82, 2.24) is 20.5 Å². The predicted octanol–water partition coefficient (Wildman–Crippen LogP) is 2.39. The summed E-state index contributed by atoms with van der Waals surface area (Å²) in [6, 6.07) is 0. The summed E-state index contributed by atoms with van der Waals surface area (Å²) in [5.74, 6) is 3.16. The molecule has 0 aromatic carbocycles. The van der Waals surface area contributed by atoms with Crippen LogP contribution in [0.1, 0.15) is 52.3 Å². The molecule has 1 aliphatic heterocycles. The average molecular weight is 291 g/mol. The van der Waals surface area contributed by atoms with Crippen molar-refractivity contribution in [3.8, 4) is 0 Å². The van der Waals surface area contributed by atoms with Crippen molar-refractivity contribution in [2.24, 2.45) is 16.7 Å². The van der Waals surface area contributed by atoms with E-state index < -0.39 is 0 Å². The monoisotopic (exact) mass is 291 g/mol. The lowest BCUT2D eigenvalue weighted by molar-refractivity contribution is 0.399. The number of nitrogens with zero attached hydrogens (tertiary/aromatic N) is 3. The standard InChI is InChI=1S/C16H29N5/c1-15(2)12(16(15,3)4)13-18-14(20-19-13)21-8-6-7-11(10-21)9-17-5/h11-12,17H,6-10H2,1-5H3,(H,18,19,20). The highest BCUT2D eigenvalue weighted by Crippen LogP contribution is 2.72. The van der Waals surface area contributed by atoms with Crippen LogP contribution in [0.4, 0.5) is 5.95 Å². The number of rotatable bonds is 4. The average Bonchev–Trinajstić information content (AvgIpc) is 2.79. The van der Waals surface area contributed by atoms with Crippen LogP contribution in [0.2, 0.25) is 0 Å². The number of H-pyrrole nitrogens is 1. The zero-order valence-electron chi connectivity index (χ0n) is 14.0. The Labute approximate surface area is 127 Å². The first-order chi connectivity index (χ1) is 9.88. The zero-order chi connectivity index (χ0) is 15.3. The molecule has 1 aliphatic carbocycles. The molecule has 0 bridgehead atoms. The van der Waals surface area contributed by atoms with E-state index in [4.69, 9.17) is 4.98 Å². The molecule has 2 N–H and O–H groups in total. The number of aromatic amines is 1. The lowest BCUT2D eigenvalue weighted by atomic mass is 9.98. The van der Waals surface area contributed by atoms with Gasteiger partial charge in [0.1, 0.15) is 5.82 Å². The molecule has 0 radical (unpaired) electrons. The van der Waals surface area contributed by atoms with Crippen LogP contribution >= 0.6 is 0 Å². The summed E-state index contributed by atoms with van der Waals surface area (Å²) >= 11 is 0. The van der Waals surface area contributed by atoms with Crippen LogP contribution in [0.15, 0.2) is 0 Å². The Bertz CT molecular complexity index is 489. The summed E-state index contributed by atoms with van der Waals surface area (Å²) in [5.41, 5.74) is 0.612. The molecule has 1 aromatic heterocycles. The number of piperidine rings is 1. The van der Waals surface area contributed by atoms with Gasteiger partial charge < -0.3 is 10.2 Å². The van der Waals surface area contributed by atoms with Crippen LogP contribution in [0.25, 0.3) is 0 Å². The van der Waals surface area contributed by atoms with Gasteiger partial charge >= 0.3 is 0 Å². The molecule has 0 amide bonds. The molecule has 118 valence electrons. The quantitative estimate of drug-likeness (QED) is 0.894. The third-order valence-corrected chi connectivity index (χ3v) is 6.08. The number of aromatic nitrogens is 3. The molecule has 1 saturated carbocycles. The Balaban J connectivity index is 1.71. The highest BCUT2D eigenvalue weighted by atomic mass is 15.4. The minimum absolute atomic E-state index is 0.306. The van der Waals surface area contributed by atoms with Crippen LogP contribution in [0.5, 0.6) is 0 Å². The maximum atomic E-state index is 4.82. The molecule has 0 spiro atoms. The third-order valence-electron chi connectivity index (χ3n) is 6.08. The summed E-state index contributed by atoms with van der Waals surface area (Å²) in [5, 5.41) is 11.0. The summed E-state index contributed by atoms with van der Waals surface area (Å²) in [7, 11) is 2.03. The molecule has 1 aromatic rings. The molecule has 2 heterocycles. The molecular weight excluding hydrogens is 262 g/mol. The van der Waals surface area contributed by atoms with Crippen LogP contribution in [-0.2, 0) is 0 Å². The highest BCUT2D eigenvalue weighted by Gasteiger charge is 2.66. The topological polar surface area (TPSA) is 56.8 Å². The van der Waals surface area contributed by atoms with Gasteiger partial charge in [-0.1, -0.05) is 27.7 Å². The lowest BCUT2D eigenvalue weighted by Crippen LogP contribution is -2.39. The zero-order valence-corrected chi connectivity index (χ0v) is 14.0. The molecule has 5 nitrogen and oxygen atoms in total. The fraction of sp³-hybridized carbons (Fsp3) is 0.875. The van der Waals surface area contributed by atoms with E-state index >= 15 is 0 Å². The number of nitrogens with one attached hydrogen (secondary N) is 2. The van der Waals surface area contributed by atoms with E-state index in [2.05, 4.69) is 48.1 Å². The van der Waals surface area contributed by atoms with Gasteiger partial charge in [0.2, 0.25) is 5.95 Å². The van der Waals surface area contributed by atoms with Crippen LogP contribution in [0.3, 0.4) is 0 Å². The Kier molecular flexibility index (Phi) is 3.51. The van der Waals surface area contributed by atoms with E-state index in [1.807, 2.05) is 7.05 Å². The largest absolute Gasteiger partial charge is 0.339 e. The second kappa shape index (κ2) is 4.97. The van der Waals surface area contributed by atoms with Gasteiger partial charge in [0.15, 0.2) is 0 Å². The van der Waals surface area contributed by atoms with Crippen molar-refractivity contribution in [2.75, 3.05) is 31.6 Å². The minimum atomic E-state index is 0.306. The second-order valence-electron chi connectivity index (χ2n) is 7.91. The van der Waals surface area contributed by atoms with Gasteiger partial charge in [-0.2, -0.15) is 4.98 Å². The molecule has 5 heteroatoms. The van der Waals surface area contributed by atoms with Crippen molar-refractivity contribution in [3.63, 3.8) is 0 Å². The normalized spacial score (nSPS) is 27.9. The molecule has 1 atom stereocenters. The summed E-state index contributed by atoms with van der Waals surface area (Å²) < 4.78 is 0. The predicted molar refractivity (Wildman–Crippen MR) is 85.5 cm³/mol. The SMILES string of the molecule is CNCC1CCCN(c2n[nH]c(C3C(C)(C)C3(C)C)n2)C1. The number of hydrogen-bond donors (Lipinski definition) is 2. The number of anilines is 1. The molecule has 2 aliphatic rings. The lowest BCUT2D eigenvalue weighted by Gasteiger charge is -2.31. The Hall–Kier alpha value is -1.10. The van der Waals surface area contributed by atoms with Crippen LogP contribution in [0, 0.1) is 16.7 Å². The second-order valence-corrected chi connectivity index (χ2v) is 7.91. The smallest absolute Gasteiger partial charge is 0.244 e. The summed E-state index contributed by atoms with van der Waals surface area (Å²) in [6.45, 7) is 12.5. The third kappa shape index (κ3) is 2.35. The van der Waals surface area contributed by atoms with Gasteiger partial charge in [-0.25, -0.2) is 0 Å². The molecule has 21 heavy (non-hydrogen) atoms. The van der Waals surface area contributed by atoms with Crippen molar-refractivity contribution in [2.45, 2.75) is 46.5 Å². The van der Waals surface area contributed by atoms with Crippen molar-refractivity contribution in [3.05, 3.63) is 5.82 Å². The van der Waals surface area contributed by atoms with E-state index in [1.54, 1.807) is 0 Å². The van der Waals surface area contributed by atoms with Crippen LogP contribution in [-0.4, -0.2) is 41.9 Å². The van der Waals surface area contributed by atoms with Crippen molar-refractivity contribution in [1.29, 1.82) is 0 Å². The van der Waals surface area contributed by atoms with Gasteiger partial charge in [-0.15, -0.1) is 5.10 Å². The van der Waals surface area contributed by atoms with Gasteiger partial charge in [0, 0.05) is 19.0 Å². The Morgan fingerprint density at radius 1 is 1.29 bits per heavy atom. The van der Waals surface area contributed by atoms with E-state index in [9.17, 15) is 0 Å². The van der Waals surface area contributed by atoms with Gasteiger partial charge in [0.05, 0.1) is 0 Å². The Morgan fingerprint density at radius 2 is 2.00 bits per heavy atom. The number of hydrogen-bond acceptors (Lipinski definition) is 4. The molecule has 2 fully saturated rings. The maximum Gasteiger partial charge on any atom is 0.244 e.